The van der Waals surface area contributed by atoms with Crippen LogP contribution in [0.3, 0.4) is 0 Å². The molecule has 1 aromatic carbocycles. The average molecular weight is 246 g/mol. The van der Waals surface area contributed by atoms with E-state index in [0.717, 1.165) is 0 Å². The Balaban J connectivity index is 2.63. The first kappa shape index (κ1) is 11.7. The smallest absolute Gasteiger partial charge is 0.358 e. The van der Waals surface area contributed by atoms with Gasteiger partial charge in [-0.05, 0) is 34.2 Å². The van der Waals surface area contributed by atoms with E-state index in [-0.39, 0.29) is 11.5 Å². The molecule has 1 heterocycles. The van der Waals surface area contributed by atoms with Crippen molar-refractivity contribution in [3.63, 3.8) is 0 Å². The predicted octanol–water partition coefficient (Wildman–Crippen LogP) is 2.01. The molecule has 0 atom stereocenters. The van der Waals surface area contributed by atoms with Crippen LogP contribution in [0, 0.1) is 27.3 Å². The zero-order valence-corrected chi connectivity index (χ0v) is 9.29. The number of nitriles is 1. The van der Waals surface area contributed by atoms with Gasteiger partial charge in [-0.2, -0.15) is 5.26 Å². The topological polar surface area (TPSA) is 84.8 Å². The largest absolute Gasteiger partial charge is 0.400 e. The number of hydrogen-bond donors (Lipinski definition) is 0. The number of benzene rings is 1. The number of nitrogens with zero attached hydrogens (tertiary/aromatic N) is 4. The summed E-state index contributed by atoms with van der Waals surface area (Å²) in [5, 5.41) is 19.6. The van der Waals surface area contributed by atoms with E-state index in [4.69, 9.17) is 5.26 Å². The lowest BCUT2D eigenvalue weighted by atomic mass is 10.2. The van der Waals surface area contributed by atoms with Gasteiger partial charge < -0.3 is 10.1 Å². The number of nitro groups is 1. The Labute approximate surface area is 101 Å². The Morgan fingerprint density at radius 3 is 2.50 bits per heavy atom. The molecule has 18 heavy (non-hydrogen) atoms. The van der Waals surface area contributed by atoms with Crippen molar-refractivity contribution in [2.24, 2.45) is 7.05 Å². The fourth-order valence-electron chi connectivity index (χ4n) is 1.59. The van der Waals surface area contributed by atoms with Crippen molar-refractivity contribution >= 4 is 5.82 Å². The first-order valence-corrected chi connectivity index (χ1v) is 4.91. The fourth-order valence-corrected chi connectivity index (χ4v) is 1.59. The maximum atomic E-state index is 12.8. The molecule has 0 amide bonds. The minimum Gasteiger partial charge on any atom is -0.358 e. The Morgan fingerprint density at radius 1 is 1.44 bits per heavy atom. The fraction of sp³-hybridized carbons (Fsp3) is 0.0909. The van der Waals surface area contributed by atoms with E-state index in [2.05, 4.69) is 4.98 Å². The van der Waals surface area contributed by atoms with Crippen molar-refractivity contribution in [3.05, 3.63) is 45.9 Å². The quantitative estimate of drug-likeness (QED) is 0.599. The highest BCUT2D eigenvalue weighted by Crippen LogP contribution is 2.25. The van der Waals surface area contributed by atoms with E-state index in [1.807, 2.05) is 0 Å². The van der Waals surface area contributed by atoms with Gasteiger partial charge >= 0.3 is 5.82 Å². The standard InChI is InChI=1S/C11H7FN4O2/c1-15-9(6-13)11(16(17)18)14-10(15)7-2-4-8(12)5-3-7/h2-5H,1H3. The van der Waals surface area contributed by atoms with Crippen LogP contribution < -0.4 is 0 Å². The Hall–Kier alpha value is -2.75. The van der Waals surface area contributed by atoms with Gasteiger partial charge in [0.15, 0.2) is 0 Å². The predicted molar refractivity (Wildman–Crippen MR) is 60.0 cm³/mol. The van der Waals surface area contributed by atoms with Crippen LogP contribution in [0.4, 0.5) is 10.2 Å². The second-order valence-corrected chi connectivity index (χ2v) is 3.54. The molecule has 2 rings (SSSR count). The summed E-state index contributed by atoms with van der Waals surface area (Å²) in [6, 6.07) is 7.07. The summed E-state index contributed by atoms with van der Waals surface area (Å²) in [4.78, 5) is 13.8. The lowest BCUT2D eigenvalue weighted by Crippen LogP contribution is -1.96. The zero-order chi connectivity index (χ0) is 13.3. The molecule has 0 unspecified atom stereocenters. The number of imidazole rings is 1. The third kappa shape index (κ3) is 1.80. The van der Waals surface area contributed by atoms with Crippen molar-refractivity contribution in [2.45, 2.75) is 0 Å². The third-order valence-electron chi connectivity index (χ3n) is 2.46. The molecule has 7 heteroatoms. The molecule has 0 fully saturated rings. The van der Waals surface area contributed by atoms with Crippen molar-refractivity contribution in [3.8, 4) is 17.5 Å². The van der Waals surface area contributed by atoms with Crippen LogP contribution in [0.15, 0.2) is 24.3 Å². The maximum Gasteiger partial charge on any atom is 0.400 e. The number of rotatable bonds is 2. The van der Waals surface area contributed by atoms with Crippen LogP contribution in [0.25, 0.3) is 11.4 Å². The van der Waals surface area contributed by atoms with Crippen molar-refractivity contribution in [1.29, 1.82) is 5.26 Å². The van der Waals surface area contributed by atoms with Crippen LogP contribution in [-0.4, -0.2) is 14.5 Å². The van der Waals surface area contributed by atoms with Crippen LogP contribution in [0.1, 0.15) is 5.69 Å². The molecule has 0 saturated heterocycles. The molecule has 0 aliphatic rings. The molecule has 0 aliphatic carbocycles. The highest BCUT2D eigenvalue weighted by Gasteiger charge is 2.26. The first-order valence-electron chi connectivity index (χ1n) is 4.91. The molecule has 0 bridgehead atoms. The summed E-state index contributed by atoms with van der Waals surface area (Å²) in [6.07, 6.45) is 0. The van der Waals surface area contributed by atoms with Crippen LogP contribution in [0.2, 0.25) is 0 Å². The Bertz CT molecular complexity index is 655. The molecule has 0 saturated carbocycles. The summed E-state index contributed by atoms with van der Waals surface area (Å²) in [5.41, 5.74) is 0.364. The van der Waals surface area contributed by atoms with Crippen LogP contribution in [0.5, 0.6) is 0 Å². The number of halogens is 1. The van der Waals surface area contributed by atoms with Gasteiger partial charge in [0.25, 0.3) is 5.82 Å². The lowest BCUT2D eigenvalue weighted by molar-refractivity contribution is -0.389. The molecule has 6 nitrogen and oxygen atoms in total. The van der Waals surface area contributed by atoms with Gasteiger partial charge in [0.05, 0.1) is 0 Å². The number of aromatic nitrogens is 2. The molecular formula is C11H7FN4O2. The van der Waals surface area contributed by atoms with Gasteiger partial charge in [-0.1, -0.05) is 0 Å². The Kier molecular flexibility index (Phi) is 2.77. The highest BCUT2D eigenvalue weighted by molar-refractivity contribution is 5.60. The van der Waals surface area contributed by atoms with Gasteiger partial charge in [-0.15, -0.1) is 0 Å². The van der Waals surface area contributed by atoms with E-state index in [0.29, 0.717) is 5.56 Å². The van der Waals surface area contributed by atoms with Crippen molar-refractivity contribution in [2.75, 3.05) is 0 Å². The lowest BCUT2D eigenvalue weighted by Gasteiger charge is -1.97. The SMILES string of the molecule is Cn1c(-c2ccc(F)cc2)nc([N+](=O)[O-])c1C#N. The summed E-state index contributed by atoms with van der Waals surface area (Å²) < 4.78 is 14.1. The summed E-state index contributed by atoms with van der Waals surface area (Å²) >= 11 is 0. The van der Waals surface area contributed by atoms with Crippen LogP contribution >= 0.6 is 0 Å². The maximum absolute atomic E-state index is 12.8. The van der Waals surface area contributed by atoms with Crippen molar-refractivity contribution < 1.29 is 9.31 Å². The van der Waals surface area contributed by atoms with E-state index in [1.165, 1.54) is 35.9 Å². The molecule has 0 N–H and O–H groups in total. The minimum absolute atomic E-state index is 0.140. The normalized spacial score (nSPS) is 10.1. The van der Waals surface area contributed by atoms with E-state index < -0.39 is 16.6 Å². The van der Waals surface area contributed by atoms with Crippen LogP contribution in [-0.2, 0) is 7.05 Å². The second-order valence-electron chi connectivity index (χ2n) is 3.54. The molecule has 0 radical (unpaired) electrons. The van der Waals surface area contributed by atoms with E-state index >= 15 is 0 Å². The molecule has 0 aliphatic heterocycles. The summed E-state index contributed by atoms with van der Waals surface area (Å²) in [7, 11) is 1.50. The second kappa shape index (κ2) is 4.25. The minimum atomic E-state index is -0.717. The molecule has 90 valence electrons. The van der Waals surface area contributed by atoms with E-state index in [9.17, 15) is 14.5 Å². The van der Waals surface area contributed by atoms with E-state index in [1.54, 1.807) is 6.07 Å². The third-order valence-corrected chi connectivity index (χ3v) is 2.46. The molecule has 0 spiro atoms. The molecule has 2 aromatic rings. The van der Waals surface area contributed by atoms with Gasteiger partial charge in [-0.3, -0.25) is 4.57 Å². The van der Waals surface area contributed by atoms with Crippen molar-refractivity contribution in [1.82, 2.24) is 9.55 Å². The summed E-state index contributed by atoms with van der Waals surface area (Å²) in [6.45, 7) is 0. The average Bonchev–Trinajstić information content (AvgIpc) is 2.67. The van der Waals surface area contributed by atoms with Gasteiger partial charge in [0.1, 0.15) is 11.9 Å². The number of hydrogen-bond acceptors (Lipinski definition) is 4. The Morgan fingerprint density at radius 2 is 2.06 bits per heavy atom. The zero-order valence-electron chi connectivity index (χ0n) is 9.29. The first-order chi connectivity index (χ1) is 8.54. The molecular weight excluding hydrogens is 239 g/mol. The van der Waals surface area contributed by atoms with Gasteiger partial charge in [0.2, 0.25) is 5.69 Å². The summed E-state index contributed by atoms with van der Waals surface area (Å²) in [5.74, 6) is -0.666. The van der Waals surface area contributed by atoms with Gasteiger partial charge in [-0.25, -0.2) is 4.39 Å². The highest BCUT2D eigenvalue weighted by atomic mass is 19.1. The molecule has 1 aromatic heterocycles. The monoisotopic (exact) mass is 246 g/mol. The van der Waals surface area contributed by atoms with Gasteiger partial charge in [0, 0.05) is 12.6 Å².